The van der Waals surface area contributed by atoms with Gasteiger partial charge in [0.15, 0.2) is 0 Å². The highest BCUT2D eigenvalue weighted by Gasteiger charge is 2.09. The van der Waals surface area contributed by atoms with E-state index in [1.165, 1.54) is 0 Å². The van der Waals surface area contributed by atoms with Crippen LogP contribution in [0.4, 0.5) is 10.5 Å². The average Bonchev–Trinajstić information content (AvgIpc) is 3.10. The molecule has 5 heteroatoms. The molecule has 0 unspecified atom stereocenters. The highest BCUT2D eigenvalue weighted by Crippen LogP contribution is 2.12. The lowest BCUT2D eigenvalue weighted by Gasteiger charge is -2.18. The van der Waals surface area contributed by atoms with Crippen LogP contribution in [-0.2, 0) is 13.1 Å². The number of anilines is 1. The first-order chi connectivity index (χ1) is 11.7. The second-order valence-corrected chi connectivity index (χ2v) is 5.67. The molecule has 24 heavy (non-hydrogen) atoms. The summed E-state index contributed by atoms with van der Waals surface area (Å²) in [5, 5.41) is 7.10. The highest BCUT2D eigenvalue weighted by atomic mass is 16.2. The van der Waals surface area contributed by atoms with Crippen molar-refractivity contribution in [2.75, 3.05) is 12.4 Å². The van der Waals surface area contributed by atoms with Crippen LogP contribution in [0.3, 0.4) is 0 Å². The fourth-order valence-electron chi connectivity index (χ4n) is 2.42. The molecule has 0 fully saturated rings. The van der Waals surface area contributed by atoms with Gasteiger partial charge >= 0.3 is 6.03 Å². The molecule has 5 nitrogen and oxygen atoms in total. The number of benzene rings is 2. The van der Waals surface area contributed by atoms with Crippen LogP contribution in [0, 0.1) is 0 Å². The molecule has 1 aromatic heterocycles. The van der Waals surface area contributed by atoms with E-state index in [0.717, 1.165) is 23.4 Å². The van der Waals surface area contributed by atoms with Gasteiger partial charge in [-0.1, -0.05) is 42.5 Å². The minimum Gasteiger partial charge on any atom is -0.323 e. The molecule has 0 aliphatic carbocycles. The first-order valence-electron chi connectivity index (χ1n) is 7.83. The number of hydrogen-bond donors (Lipinski definition) is 1. The molecule has 0 bridgehead atoms. The maximum atomic E-state index is 12.3. The second kappa shape index (κ2) is 7.46. The van der Waals surface area contributed by atoms with Gasteiger partial charge in [-0.2, -0.15) is 5.10 Å². The predicted octanol–water partition coefficient (Wildman–Crippen LogP) is 3.60. The van der Waals surface area contributed by atoms with Crippen molar-refractivity contribution < 1.29 is 4.79 Å². The lowest BCUT2D eigenvalue weighted by Crippen LogP contribution is -2.30. The topological polar surface area (TPSA) is 50.2 Å². The first kappa shape index (κ1) is 15.8. The van der Waals surface area contributed by atoms with Crippen molar-refractivity contribution in [3.05, 3.63) is 84.2 Å². The van der Waals surface area contributed by atoms with E-state index in [4.69, 9.17) is 0 Å². The van der Waals surface area contributed by atoms with E-state index < -0.39 is 0 Å². The van der Waals surface area contributed by atoms with Gasteiger partial charge in [0, 0.05) is 31.7 Å². The second-order valence-electron chi connectivity index (χ2n) is 5.67. The molecular weight excluding hydrogens is 300 g/mol. The van der Waals surface area contributed by atoms with Gasteiger partial charge in [0.2, 0.25) is 0 Å². The fourth-order valence-corrected chi connectivity index (χ4v) is 2.42. The van der Waals surface area contributed by atoms with Gasteiger partial charge in [-0.15, -0.1) is 0 Å². The molecule has 1 heterocycles. The van der Waals surface area contributed by atoms with Crippen molar-refractivity contribution in [1.29, 1.82) is 0 Å². The van der Waals surface area contributed by atoms with Crippen LogP contribution in [0.15, 0.2) is 73.1 Å². The van der Waals surface area contributed by atoms with Crippen molar-refractivity contribution >= 4 is 11.7 Å². The summed E-state index contributed by atoms with van der Waals surface area (Å²) < 4.78 is 1.86. The number of nitrogens with zero attached hydrogens (tertiary/aromatic N) is 3. The Hall–Kier alpha value is -3.08. The van der Waals surface area contributed by atoms with E-state index in [2.05, 4.69) is 10.4 Å². The zero-order valence-corrected chi connectivity index (χ0v) is 13.6. The number of nitrogens with one attached hydrogen (secondary N) is 1. The van der Waals surface area contributed by atoms with Gasteiger partial charge in [0.25, 0.3) is 0 Å². The Kier molecular flexibility index (Phi) is 4.91. The molecule has 1 N–H and O–H groups in total. The molecule has 2 amide bonds. The van der Waals surface area contributed by atoms with E-state index in [1.807, 2.05) is 71.5 Å². The fraction of sp³-hybridized carbons (Fsp3) is 0.158. The minimum atomic E-state index is -0.126. The van der Waals surface area contributed by atoms with Crippen LogP contribution in [0.1, 0.15) is 11.1 Å². The lowest BCUT2D eigenvalue weighted by atomic mass is 10.2. The predicted molar refractivity (Wildman–Crippen MR) is 94.7 cm³/mol. The van der Waals surface area contributed by atoms with Crippen molar-refractivity contribution in [3.8, 4) is 0 Å². The van der Waals surface area contributed by atoms with Crippen molar-refractivity contribution in [2.24, 2.45) is 0 Å². The standard InChI is InChI=1S/C19H20N4O/c1-22(14-16-6-3-2-4-7-16)19(24)21-18-10-8-17(9-11-18)15-23-13-5-12-20-23/h2-13H,14-15H2,1H3,(H,21,24). The molecule has 2 aromatic carbocycles. The number of aromatic nitrogens is 2. The van der Waals surface area contributed by atoms with Crippen LogP contribution in [0.25, 0.3) is 0 Å². The third-order valence-corrected chi connectivity index (χ3v) is 3.72. The zero-order chi connectivity index (χ0) is 16.8. The molecule has 0 aliphatic heterocycles. The Morgan fingerprint density at radius 1 is 1.04 bits per heavy atom. The Morgan fingerprint density at radius 3 is 2.46 bits per heavy atom. The van der Waals surface area contributed by atoms with Crippen LogP contribution < -0.4 is 5.32 Å². The Balaban J connectivity index is 1.56. The summed E-state index contributed by atoms with van der Waals surface area (Å²) in [6.07, 6.45) is 3.69. The Bertz CT molecular complexity index is 767. The number of rotatable bonds is 5. The molecule has 122 valence electrons. The average molecular weight is 320 g/mol. The van der Waals surface area contributed by atoms with E-state index in [9.17, 15) is 4.79 Å². The molecule has 0 saturated carbocycles. The molecule has 0 saturated heterocycles. The van der Waals surface area contributed by atoms with Gasteiger partial charge in [0.1, 0.15) is 0 Å². The summed E-state index contributed by atoms with van der Waals surface area (Å²) in [4.78, 5) is 13.9. The lowest BCUT2D eigenvalue weighted by molar-refractivity contribution is 0.220. The van der Waals surface area contributed by atoms with Crippen LogP contribution in [0.5, 0.6) is 0 Å². The Morgan fingerprint density at radius 2 is 1.79 bits per heavy atom. The molecule has 3 rings (SSSR count). The molecular formula is C19H20N4O. The Labute approximate surface area is 141 Å². The number of carbonyl (C=O) groups is 1. The third kappa shape index (κ3) is 4.23. The summed E-state index contributed by atoms with van der Waals surface area (Å²) in [5.74, 6) is 0. The number of urea groups is 1. The molecule has 0 atom stereocenters. The largest absolute Gasteiger partial charge is 0.323 e. The van der Waals surface area contributed by atoms with Crippen molar-refractivity contribution in [3.63, 3.8) is 0 Å². The third-order valence-electron chi connectivity index (χ3n) is 3.72. The van der Waals surface area contributed by atoms with Gasteiger partial charge in [0.05, 0.1) is 6.54 Å². The van der Waals surface area contributed by atoms with Gasteiger partial charge in [-0.05, 0) is 29.3 Å². The van der Waals surface area contributed by atoms with Gasteiger partial charge in [-0.3, -0.25) is 4.68 Å². The SMILES string of the molecule is CN(Cc1ccccc1)C(=O)Nc1ccc(Cn2cccn2)cc1. The smallest absolute Gasteiger partial charge is 0.321 e. The molecule has 0 radical (unpaired) electrons. The maximum absolute atomic E-state index is 12.3. The van der Waals surface area contributed by atoms with Crippen molar-refractivity contribution in [1.82, 2.24) is 14.7 Å². The molecule has 0 spiro atoms. The van der Waals surface area contributed by atoms with Crippen molar-refractivity contribution in [2.45, 2.75) is 13.1 Å². The summed E-state index contributed by atoms with van der Waals surface area (Å²) in [6.45, 7) is 1.29. The quantitative estimate of drug-likeness (QED) is 0.781. The van der Waals surface area contributed by atoms with Gasteiger partial charge in [-0.25, -0.2) is 4.79 Å². The monoisotopic (exact) mass is 320 g/mol. The van der Waals surface area contributed by atoms with E-state index in [0.29, 0.717) is 6.54 Å². The molecule has 0 aliphatic rings. The minimum absolute atomic E-state index is 0.126. The van der Waals surface area contributed by atoms with Gasteiger partial charge < -0.3 is 10.2 Å². The number of carbonyl (C=O) groups excluding carboxylic acids is 1. The highest BCUT2D eigenvalue weighted by molar-refractivity contribution is 5.89. The van der Waals surface area contributed by atoms with E-state index in [-0.39, 0.29) is 6.03 Å². The summed E-state index contributed by atoms with van der Waals surface area (Å²) >= 11 is 0. The zero-order valence-electron chi connectivity index (χ0n) is 13.6. The summed E-state index contributed by atoms with van der Waals surface area (Å²) in [6, 6.07) is 19.5. The van der Waals surface area contributed by atoms with Crippen LogP contribution in [0.2, 0.25) is 0 Å². The van der Waals surface area contributed by atoms with Crippen LogP contribution >= 0.6 is 0 Å². The number of amides is 2. The maximum Gasteiger partial charge on any atom is 0.321 e. The van der Waals surface area contributed by atoms with E-state index >= 15 is 0 Å². The number of hydrogen-bond acceptors (Lipinski definition) is 2. The normalized spacial score (nSPS) is 10.4. The summed E-state index contributed by atoms with van der Waals surface area (Å²) in [7, 11) is 1.79. The van der Waals surface area contributed by atoms with Crippen LogP contribution in [-0.4, -0.2) is 27.8 Å². The first-order valence-corrected chi connectivity index (χ1v) is 7.83. The van der Waals surface area contributed by atoms with E-state index in [1.54, 1.807) is 18.1 Å². The molecule has 3 aromatic rings. The summed E-state index contributed by atoms with van der Waals surface area (Å²) in [5.41, 5.74) is 3.02.